The lowest BCUT2D eigenvalue weighted by Gasteiger charge is -2.33. The highest BCUT2D eigenvalue weighted by Crippen LogP contribution is 2.37. The van der Waals surface area contributed by atoms with Crippen molar-refractivity contribution in [1.82, 2.24) is 10.2 Å². The van der Waals surface area contributed by atoms with Crippen LogP contribution in [0, 0.1) is 0 Å². The molecule has 3 aromatic carbocycles. The number of nitrogens with one attached hydrogen (secondary N) is 1. The highest BCUT2D eigenvalue weighted by Gasteiger charge is 2.35. The van der Waals surface area contributed by atoms with Crippen LogP contribution in [-0.2, 0) is 26.2 Å². The topological polar surface area (TPSA) is 114 Å². The Hall–Kier alpha value is -3.67. The highest BCUT2D eigenvalue weighted by molar-refractivity contribution is 7.92. The van der Waals surface area contributed by atoms with Crippen LogP contribution < -0.4 is 23.8 Å². The van der Waals surface area contributed by atoms with Gasteiger partial charge in [-0.05, 0) is 75.7 Å². The fraction of sp³-hybridized carbons (Fsp3) is 0.355. The number of methoxy groups -OCH3 is 3. The maximum absolute atomic E-state index is 14.3. The first-order valence-electron chi connectivity index (χ1n) is 13.6. The third kappa shape index (κ3) is 8.49. The molecule has 238 valence electrons. The van der Waals surface area contributed by atoms with E-state index in [0.717, 1.165) is 4.31 Å². The molecule has 0 fully saturated rings. The van der Waals surface area contributed by atoms with E-state index in [1.54, 1.807) is 37.3 Å². The van der Waals surface area contributed by atoms with Crippen molar-refractivity contribution in [1.29, 1.82) is 0 Å². The second-order valence-corrected chi connectivity index (χ2v) is 13.6. The van der Waals surface area contributed by atoms with E-state index in [-0.39, 0.29) is 33.6 Å². The van der Waals surface area contributed by atoms with Crippen LogP contribution in [0.5, 0.6) is 17.2 Å². The van der Waals surface area contributed by atoms with Gasteiger partial charge in [0, 0.05) is 28.2 Å². The van der Waals surface area contributed by atoms with Crippen molar-refractivity contribution in [3.8, 4) is 17.2 Å². The second-order valence-electron chi connectivity index (χ2n) is 10.9. The first-order valence-corrected chi connectivity index (χ1v) is 15.7. The van der Waals surface area contributed by atoms with E-state index in [0.29, 0.717) is 16.3 Å². The van der Waals surface area contributed by atoms with E-state index in [1.807, 2.05) is 20.8 Å². The van der Waals surface area contributed by atoms with E-state index in [9.17, 15) is 18.0 Å². The van der Waals surface area contributed by atoms with Crippen molar-refractivity contribution in [2.45, 2.75) is 50.7 Å². The van der Waals surface area contributed by atoms with Gasteiger partial charge in [-0.15, -0.1) is 0 Å². The van der Waals surface area contributed by atoms with Crippen LogP contribution in [0.4, 0.5) is 5.69 Å². The molecule has 0 saturated heterocycles. The molecule has 0 bridgehead atoms. The average Bonchev–Trinajstić information content (AvgIpc) is 2.97. The molecule has 0 saturated carbocycles. The number of amides is 2. The molecule has 1 atom stereocenters. The molecule has 0 aliphatic rings. The van der Waals surface area contributed by atoms with Crippen molar-refractivity contribution >= 4 is 50.7 Å². The molecular formula is C31H37Cl2N3O7S. The first kappa shape index (κ1) is 34.8. The lowest BCUT2D eigenvalue weighted by Crippen LogP contribution is -2.54. The van der Waals surface area contributed by atoms with Gasteiger partial charge in [0.2, 0.25) is 11.8 Å². The summed E-state index contributed by atoms with van der Waals surface area (Å²) >= 11 is 12.4. The Labute approximate surface area is 268 Å². The van der Waals surface area contributed by atoms with E-state index >= 15 is 0 Å². The molecule has 44 heavy (non-hydrogen) atoms. The summed E-state index contributed by atoms with van der Waals surface area (Å²) in [5, 5.41) is 3.61. The van der Waals surface area contributed by atoms with Crippen LogP contribution in [-0.4, -0.2) is 64.6 Å². The molecule has 0 aromatic heterocycles. The molecule has 3 rings (SSSR count). The smallest absolute Gasteiger partial charge is 0.265 e. The minimum Gasteiger partial charge on any atom is -0.495 e. The summed E-state index contributed by atoms with van der Waals surface area (Å²) in [6.45, 7) is 6.38. The van der Waals surface area contributed by atoms with Gasteiger partial charge >= 0.3 is 0 Å². The zero-order valence-electron chi connectivity index (χ0n) is 25.7. The summed E-state index contributed by atoms with van der Waals surface area (Å²) in [7, 11) is -0.259. The minimum atomic E-state index is -4.45. The third-order valence-electron chi connectivity index (χ3n) is 6.56. The van der Waals surface area contributed by atoms with Gasteiger partial charge in [0.15, 0.2) is 11.5 Å². The molecule has 0 radical (unpaired) electrons. The van der Waals surface area contributed by atoms with Gasteiger partial charge in [0.05, 0.1) is 31.9 Å². The SMILES string of the molecule is COc1ccc(S(=O)(=O)N(CC(=O)N(Cc2ccc(Cl)cc2)[C@H](C)C(=O)NC(C)(C)C)c2cc(Cl)ccc2OC)cc1OC. The molecule has 2 amide bonds. The molecule has 10 nitrogen and oxygen atoms in total. The number of hydrogen-bond acceptors (Lipinski definition) is 7. The Kier molecular flexibility index (Phi) is 11.4. The molecule has 0 unspecified atom stereocenters. The fourth-order valence-corrected chi connectivity index (χ4v) is 6.04. The summed E-state index contributed by atoms with van der Waals surface area (Å²) in [4.78, 5) is 28.6. The van der Waals surface area contributed by atoms with Gasteiger partial charge in [0.25, 0.3) is 10.0 Å². The fourth-order valence-electron chi connectivity index (χ4n) is 4.32. The first-order chi connectivity index (χ1) is 20.6. The van der Waals surface area contributed by atoms with E-state index in [1.165, 1.54) is 56.6 Å². The summed E-state index contributed by atoms with van der Waals surface area (Å²) < 4.78 is 45.6. The summed E-state index contributed by atoms with van der Waals surface area (Å²) in [6.07, 6.45) is 0. The highest BCUT2D eigenvalue weighted by atomic mass is 35.5. The number of carbonyl (C=O) groups is 2. The van der Waals surface area contributed by atoms with Crippen LogP contribution in [0.1, 0.15) is 33.3 Å². The lowest BCUT2D eigenvalue weighted by atomic mass is 10.1. The second kappa shape index (κ2) is 14.4. The number of hydrogen-bond donors (Lipinski definition) is 1. The van der Waals surface area contributed by atoms with Crippen molar-refractivity contribution in [2.24, 2.45) is 0 Å². The minimum absolute atomic E-state index is 0.00561. The molecule has 0 spiro atoms. The van der Waals surface area contributed by atoms with Crippen molar-refractivity contribution in [3.05, 3.63) is 76.3 Å². The maximum Gasteiger partial charge on any atom is 0.265 e. The number of ether oxygens (including phenoxy) is 3. The number of rotatable bonds is 12. The Morgan fingerprint density at radius 2 is 1.41 bits per heavy atom. The zero-order valence-corrected chi connectivity index (χ0v) is 28.0. The number of carbonyl (C=O) groups excluding carboxylic acids is 2. The maximum atomic E-state index is 14.3. The van der Waals surface area contributed by atoms with Crippen LogP contribution in [0.2, 0.25) is 10.0 Å². The number of sulfonamides is 1. The monoisotopic (exact) mass is 665 g/mol. The Morgan fingerprint density at radius 1 is 0.841 bits per heavy atom. The van der Waals surface area contributed by atoms with Gasteiger partial charge < -0.3 is 24.4 Å². The standard InChI is InChI=1S/C31H37Cl2N3O7S/c1-20(30(38)34-31(2,3)4)35(18-21-8-10-22(32)11-9-21)29(37)19-36(25-16-23(33)12-14-26(25)41-5)44(39,40)24-13-15-27(42-6)28(17-24)43-7/h8-17,20H,18-19H2,1-7H3,(H,34,38)/t20-/m1/s1. The zero-order chi connectivity index (χ0) is 32.8. The van der Waals surface area contributed by atoms with E-state index in [2.05, 4.69) is 5.32 Å². The van der Waals surface area contributed by atoms with Crippen molar-refractivity contribution < 1.29 is 32.2 Å². The Bertz CT molecular complexity index is 1590. The number of nitrogens with zero attached hydrogens (tertiary/aromatic N) is 2. The molecule has 0 aliphatic heterocycles. The Morgan fingerprint density at radius 3 is 1.98 bits per heavy atom. The Balaban J connectivity index is 2.15. The number of anilines is 1. The summed E-state index contributed by atoms with van der Waals surface area (Å²) in [5.74, 6) is -0.400. The van der Waals surface area contributed by atoms with Crippen molar-refractivity contribution in [3.63, 3.8) is 0 Å². The summed E-state index contributed by atoms with van der Waals surface area (Å²) in [5.41, 5.74) is 0.145. The lowest BCUT2D eigenvalue weighted by molar-refractivity contribution is -0.140. The quantitative estimate of drug-likeness (QED) is 0.270. The van der Waals surface area contributed by atoms with Gasteiger partial charge in [-0.1, -0.05) is 35.3 Å². The molecular weight excluding hydrogens is 629 g/mol. The largest absolute Gasteiger partial charge is 0.495 e. The van der Waals surface area contributed by atoms with Crippen LogP contribution in [0.3, 0.4) is 0 Å². The van der Waals surface area contributed by atoms with Crippen LogP contribution >= 0.6 is 23.2 Å². The van der Waals surface area contributed by atoms with Gasteiger partial charge in [-0.3, -0.25) is 13.9 Å². The van der Waals surface area contributed by atoms with Crippen molar-refractivity contribution in [2.75, 3.05) is 32.2 Å². The van der Waals surface area contributed by atoms with Gasteiger partial charge in [0.1, 0.15) is 18.3 Å². The number of halogens is 2. The normalized spacial score (nSPS) is 12.2. The van der Waals surface area contributed by atoms with E-state index in [4.69, 9.17) is 37.4 Å². The van der Waals surface area contributed by atoms with Gasteiger partial charge in [-0.2, -0.15) is 0 Å². The predicted octanol–water partition coefficient (Wildman–Crippen LogP) is 5.55. The van der Waals surface area contributed by atoms with Crippen LogP contribution in [0.15, 0.2) is 65.6 Å². The average molecular weight is 667 g/mol. The molecule has 0 aliphatic carbocycles. The molecule has 0 heterocycles. The number of benzene rings is 3. The van der Waals surface area contributed by atoms with Crippen LogP contribution in [0.25, 0.3) is 0 Å². The van der Waals surface area contributed by atoms with Gasteiger partial charge in [-0.25, -0.2) is 8.42 Å². The molecule has 3 aromatic rings. The molecule has 13 heteroatoms. The predicted molar refractivity (Wildman–Crippen MR) is 171 cm³/mol. The molecule has 1 N–H and O–H groups in total. The summed E-state index contributed by atoms with van der Waals surface area (Å²) in [6, 6.07) is 14.4. The third-order valence-corrected chi connectivity index (χ3v) is 8.81. The van der Waals surface area contributed by atoms with E-state index < -0.39 is 40.0 Å².